The Morgan fingerprint density at radius 2 is 2.37 bits per heavy atom. The van der Waals surface area contributed by atoms with Crippen molar-refractivity contribution in [2.24, 2.45) is 5.92 Å². The number of nitrogens with one attached hydrogen (secondary N) is 1. The molecule has 1 aromatic heterocycles. The summed E-state index contributed by atoms with van der Waals surface area (Å²) in [5.41, 5.74) is 1.56. The highest BCUT2D eigenvalue weighted by molar-refractivity contribution is 5.87. The number of carbonyl (C=O) groups is 1. The van der Waals surface area contributed by atoms with Crippen molar-refractivity contribution in [1.29, 1.82) is 0 Å². The molecular formula is C14H22N2O3. The molecule has 0 spiro atoms. The average Bonchev–Trinajstić information content (AvgIpc) is 2.89. The summed E-state index contributed by atoms with van der Waals surface area (Å²) in [5, 5.41) is 9.28. The van der Waals surface area contributed by atoms with E-state index in [4.69, 9.17) is 0 Å². The molecule has 0 radical (unpaired) electrons. The number of esters is 1. The van der Waals surface area contributed by atoms with Gasteiger partial charge in [0.05, 0.1) is 7.11 Å². The molecule has 1 fully saturated rings. The monoisotopic (exact) mass is 266 g/mol. The summed E-state index contributed by atoms with van der Waals surface area (Å²) < 4.78 is 4.68. The zero-order valence-electron chi connectivity index (χ0n) is 11.6. The van der Waals surface area contributed by atoms with Crippen LogP contribution in [0.15, 0.2) is 12.3 Å². The van der Waals surface area contributed by atoms with Gasteiger partial charge in [-0.2, -0.15) is 0 Å². The lowest BCUT2D eigenvalue weighted by Crippen LogP contribution is -2.42. The molecule has 1 aliphatic heterocycles. The van der Waals surface area contributed by atoms with Gasteiger partial charge in [-0.3, -0.25) is 4.90 Å². The fourth-order valence-corrected chi connectivity index (χ4v) is 2.62. The van der Waals surface area contributed by atoms with Crippen molar-refractivity contribution < 1.29 is 14.6 Å². The minimum Gasteiger partial charge on any atom is -0.464 e. The van der Waals surface area contributed by atoms with Crippen LogP contribution in [0.5, 0.6) is 0 Å². The molecule has 0 aliphatic carbocycles. The molecule has 2 atom stereocenters. The van der Waals surface area contributed by atoms with E-state index in [-0.39, 0.29) is 12.6 Å². The molecule has 5 heteroatoms. The number of piperidine rings is 1. The maximum atomic E-state index is 11.4. The Bertz CT molecular complexity index is 430. The lowest BCUT2D eigenvalue weighted by molar-refractivity contribution is 0.0594. The van der Waals surface area contributed by atoms with E-state index in [1.807, 2.05) is 12.3 Å². The molecule has 1 aromatic rings. The molecular weight excluding hydrogens is 244 g/mol. The number of hydrogen-bond donors (Lipinski definition) is 2. The van der Waals surface area contributed by atoms with Gasteiger partial charge in [0, 0.05) is 31.9 Å². The lowest BCUT2D eigenvalue weighted by atomic mass is 9.94. The van der Waals surface area contributed by atoms with E-state index < -0.39 is 0 Å². The van der Waals surface area contributed by atoms with E-state index in [9.17, 15) is 9.90 Å². The number of aromatic nitrogens is 1. The molecule has 19 heavy (non-hydrogen) atoms. The molecule has 5 nitrogen and oxygen atoms in total. The van der Waals surface area contributed by atoms with Gasteiger partial charge in [0.25, 0.3) is 0 Å². The number of aromatic amines is 1. The minimum atomic E-state index is -0.342. The molecule has 2 N–H and O–H groups in total. The van der Waals surface area contributed by atoms with Crippen molar-refractivity contribution in [3.63, 3.8) is 0 Å². The first-order valence-corrected chi connectivity index (χ1v) is 6.74. The predicted molar refractivity (Wildman–Crippen MR) is 71.8 cm³/mol. The van der Waals surface area contributed by atoms with Crippen LogP contribution in [-0.4, -0.2) is 47.3 Å². The number of rotatable bonds is 4. The summed E-state index contributed by atoms with van der Waals surface area (Å²) in [6.07, 6.45) is 4.05. The van der Waals surface area contributed by atoms with Crippen LogP contribution in [0.25, 0.3) is 0 Å². The van der Waals surface area contributed by atoms with Crippen LogP contribution in [0.3, 0.4) is 0 Å². The second kappa shape index (κ2) is 6.21. The van der Waals surface area contributed by atoms with Gasteiger partial charge in [-0.1, -0.05) is 0 Å². The molecule has 0 aromatic carbocycles. The summed E-state index contributed by atoms with van der Waals surface area (Å²) in [5.74, 6) is 0.0291. The number of aliphatic hydroxyl groups excluding tert-OH is 1. The number of methoxy groups -OCH3 is 1. The third-order valence-corrected chi connectivity index (χ3v) is 3.90. The summed E-state index contributed by atoms with van der Waals surface area (Å²) in [6.45, 7) is 4.17. The molecule has 106 valence electrons. The number of aliphatic hydroxyl groups is 1. The first-order valence-electron chi connectivity index (χ1n) is 6.74. The summed E-state index contributed by atoms with van der Waals surface area (Å²) in [6, 6.07) is 2.35. The summed E-state index contributed by atoms with van der Waals surface area (Å²) in [7, 11) is 1.38. The third-order valence-electron chi connectivity index (χ3n) is 3.90. The van der Waals surface area contributed by atoms with E-state index in [2.05, 4.69) is 21.5 Å². The molecule has 2 unspecified atom stereocenters. The van der Waals surface area contributed by atoms with E-state index >= 15 is 0 Å². The van der Waals surface area contributed by atoms with Crippen LogP contribution in [0.1, 0.15) is 35.8 Å². The van der Waals surface area contributed by atoms with Gasteiger partial charge in [-0.15, -0.1) is 0 Å². The molecule has 2 rings (SSSR count). The highest BCUT2D eigenvalue weighted by Crippen LogP contribution is 2.23. The zero-order valence-corrected chi connectivity index (χ0v) is 11.6. The molecule has 0 saturated carbocycles. The van der Waals surface area contributed by atoms with Crippen LogP contribution in [-0.2, 0) is 11.3 Å². The van der Waals surface area contributed by atoms with Crippen molar-refractivity contribution in [1.82, 2.24) is 9.88 Å². The lowest BCUT2D eigenvalue weighted by Gasteiger charge is -2.37. The Labute approximate surface area is 113 Å². The molecule has 0 bridgehead atoms. The quantitative estimate of drug-likeness (QED) is 0.808. The van der Waals surface area contributed by atoms with E-state index in [1.165, 1.54) is 7.11 Å². The Balaban J connectivity index is 1.99. The second-order valence-electron chi connectivity index (χ2n) is 5.32. The molecule has 0 amide bonds. The van der Waals surface area contributed by atoms with Gasteiger partial charge in [0.2, 0.25) is 0 Å². The minimum absolute atomic E-state index is 0.254. The van der Waals surface area contributed by atoms with Crippen LogP contribution < -0.4 is 0 Å². The normalized spacial score (nSPS) is 24.4. The third kappa shape index (κ3) is 3.36. The maximum Gasteiger partial charge on any atom is 0.354 e. The van der Waals surface area contributed by atoms with Gasteiger partial charge < -0.3 is 14.8 Å². The van der Waals surface area contributed by atoms with Crippen LogP contribution in [0.2, 0.25) is 0 Å². The van der Waals surface area contributed by atoms with Gasteiger partial charge >= 0.3 is 5.97 Å². The van der Waals surface area contributed by atoms with Gasteiger partial charge in [-0.05, 0) is 37.3 Å². The highest BCUT2D eigenvalue weighted by Gasteiger charge is 2.25. The van der Waals surface area contributed by atoms with Crippen LogP contribution >= 0.6 is 0 Å². The Hall–Kier alpha value is -1.33. The summed E-state index contributed by atoms with van der Waals surface area (Å²) >= 11 is 0. The SMILES string of the molecule is COC(=O)c1cc(CN2CC(CO)CCC2C)c[nH]1. The van der Waals surface area contributed by atoms with Gasteiger partial charge in [0.1, 0.15) is 5.69 Å². The van der Waals surface area contributed by atoms with Gasteiger partial charge in [-0.25, -0.2) is 4.79 Å². The largest absolute Gasteiger partial charge is 0.464 e. The summed E-state index contributed by atoms with van der Waals surface area (Å²) in [4.78, 5) is 16.7. The number of hydrogen-bond acceptors (Lipinski definition) is 4. The van der Waals surface area contributed by atoms with Crippen molar-refractivity contribution in [3.05, 3.63) is 23.5 Å². The first kappa shape index (κ1) is 14.1. The smallest absolute Gasteiger partial charge is 0.354 e. The number of likely N-dealkylation sites (tertiary alicyclic amines) is 1. The molecule has 2 heterocycles. The molecule has 1 saturated heterocycles. The number of H-pyrrole nitrogens is 1. The topological polar surface area (TPSA) is 65.6 Å². The fraction of sp³-hybridized carbons (Fsp3) is 0.643. The van der Waals surface area contributed by atoms with E-state index in [0.717, 1.165) is 31.5 Å². The fourth-order valence-electron chi connectivity index (χ4n) is 2.62. The van der Waals surface area contributed by atoms with Crippen LogP contribution in [0, 0.1) is 5.92 Å². The highest BCUT2D eigenvalue weighted by atomic mass is 16.5. The number of nitrogens with zero attached hydrogens (tertiary/aromatic N) is 1. The standard InChI is InChI=1S/C14H22N2O3/c1-10-3-4-11(9-17)7-16(10)8-12-5-13(15-6-12)14(18)19-2/h5-6,10-11,15,17H,3-4,7-9H2,1-2H3. The first-order chi connectivity index (χ1) is 9.13. The molecule has 1 aliphatic rings. The van der Waals surface area contributed by atoms with E-state index in [1.54, 1.807) is 0 Å². The maximum absolute atomic E-state index is 11.4. The van der Waals surface area contributed by atoms with Crippen molar-refractivity contribution in [2.75, 3.05) is 20.3 Å². The van der Waals surface area contributed by atoms with Gasteiger partial charge in [0.15, 0.2) is 0 Å². The number of ether oxygens (including phenoxy) is 1. The Morgan fingerprint density at radius 3 is 3.05 bits per heavy atom. The zero-order chi connectivity index (χ0) is 13.8. The van der Waals surface area contributed by atoms with Crippen molar-refractivity contribution in [2.45, 2.75) is 32.4 Å². The average molecular weight is 266 g/mol. The van der Waals surface area contributed by atoms with Crippen LogP contribution in [0.4, 0.5) is 0 Å². The van der Waals surface area contributed by atoms with Crippen molar-refractivity contribution >= 4 is 5.97 Å². The Morgan fingerprint density at radius 1 is 1.58 bits per heavy atom. The predicted octanol–water partition coefficient (Wildman–Crippen LogP) is 1.39. The van der Waals surface area contributed by atoms with E-state index in [0.29, 0.717) is 17.7 Å². The van der Waals surface area contributed by atoms with Crippen molar-refractivity contribution in [3.8, 4) is 0 Å². The second-order valence-corrected chi connectivity index (χ2v) is 5.32. The number of carbonyl (C=O) groups excluding carboxylic acids is 1. The Kier molecular flexibility index (Phi) is 4.61.